The van der Waals surface area contributed by atoms with Crippen molar-refractivity contribution in [1.29, 1.82) is 0 Å². The molecule has 0 aliphatic rings. The van der Waals surface area contributed by atoms with Crippen LogP contribution in [-0.4, -0.2) is 19.9 Å². The van der Waals surface area contributed by atoms with Gasteiger partial charge in [-0.1, -0.05) is 6.07 Å². The fourth-order valence-electron chi connectivity index (χ4n) is 1.63. The van der Waals surface area contributed by atoms with E-state index in [-0.39, 0.29) is 6.54 Å². The molecule has 0 saturated heterocycles. The largest absolute Gasteiger partial charge is 0.330 e. The molecule has 3 N–H and O–H groups in total. The Bertz CT molecular complexity index is 663. The molecule has 108 valence electrons. The van der Waals surface area contributed by atoms with E-state index < -0.39 is 10.0 Å². The second-order valence-corrected chi connectivity index (χ2v) is 7.55. The van der Waals surface area contributed by atoms with Gasteiger partial charge in [0.05, 0.1) is 0 Å². The molecule has 5 nitrogen and oxygen atoms in total. The van der Waals surface area contributed by atoms with Gasteiger partial charge in [-0.25, -0.2) is 13.1 Å². The maximum atomic E-state index is 12.1. The normalized spacial score (nSPS) is 11.7. The Morgan fingerprint density at radius 3 is 2.75 bits per heavy atom. The minimum absolute atomic E-state index is 0.236. The molecule has 0 saturated carbocycles. The predicted molar refractivity (Wildman–Crippen MR) is 80.1 cm³/mol. The lowest BCUT2D eigenvalue weighted by molar-refractivity contribution is 0.583. The van der Waals surface area contributed by atoms with Crippen LogP contribution >= 0.6 is 11.3 Å². The van der Waals surface area contributed by atoms with Crippen molar-refractivity contribution in [3.8, 4) is 0 Å². The number of hydrogen-bond acceptors (Lipinski definition) is 5. The van der Waals surface area contributed by atoms with Crippen molar-refractivity contribution in [2.75, 3.05) is 6.54 Å². The van der Waals surface area contributed by atoms with Gasteiger partial charge in [0.15, 0.2) is 0 Å². The minimum Gasteiger partial charge on any atom is -0.330 e. The Balaban J connectivity index is 2.04. The molecule has 20 heavy (non-hydrogen) atoms. The van der Waals surface area contributed by atoms with Gasteiger partial charge in [0.2, 0.25) is 10.0 Å². The van der Waals surface area contributed by atoms with Crippen LogP contribution in [0.2, 0.25) is 0 Å². The van der Waals surface area contributed by atoms with E-state index in [4.69, 9.17) is 5.73 Å². The van der Waals surface area contributed by atoms with E-state index in [9.17, 15) is 8.42 Å². The second-order valence-electron chi connectivity index (χ2n) is 4.39. The highest BCUT2D eigenvalue weighted by molar-refractivity contribution is 7.91. The molecule has 0 bridgehead atoms. The molecule has 0 amide bonds. The summed E-state index contributed by atoms with van der Waals surface area (Å²) < 4.78 is 27.2. The summed E-state index contributed by atoms with van der Waals surface area (Å²) in [5, 5.41) is 0. The second kappa shape index (κ2) is 6.45. The summed E-state index contributed by atoms with van der Waals surface area (Å²) in [6, 6.07) is 7.14. The van der Waals surface area contributed by atoms with Crippen LogP contribution in [0.1, 0.15) is 16.1 Å². The van der Waals surface area contributed by atoms with E-state index in [1.165, 1.54) is 11.3 Å². The summed E-state index contributed by atoms with van der Waals surface area (Å²) in [7, 11) is -3.47. The molecule has 0 spiro atoms. The summed E-state index contributed by atoms with van der Waals surface area (Å²) in [6.45, 7) is 2.64. The van der Waals surface area contributed by atoms with Crippen LogP contribution < -0.4 is 10.5 Å². The van der Waals surface area contributed by atoms with Crippen LogP contribution in [0.3, 0.4) is 0 Å². The molecule has 0 aromatic carbocycles. The van der Waals surface area contributed by atoms with Gasteiger partial charge in [-0.15, -0.1) is 11.3 Å². The number of nitrogens with two attached hydrogens (primary N) is 1. The third-order valence-electron chi connectivity index (χ3n) is 2.73. The number of pyridine rings is 1. The zero-order valence-corrected chi connectivity index (χ0v) is 12.8. The molecular formula is C13H17N3O2S2. The zero-order chi connectivity index (χ0) is 14.6. The molecule has 7 heteroatoms. The SMILES string of the molecule is Cc1ccc(CNS(=O)(=O)c2ccc(CCN)s2)cn1. The number of nitrogens with one attached hydrogen (secondary N) is 1. The molecule has 2 rings (SSSR count). The van der Waals surface area contributed by atoms with Crippen molar-refractivity contribution in [2.45, 2.75) is 24.1 Å². The molecule has 0 aliphatic carbocycles. The Labute approximate surface area is 122 Å². The summed E-state index contributed by atoms with van der Waals surface area (Å²) in [5.74, 6) is 0. The highest BCUT2D eigenvalue weighted by atomic mass is 32.2. The summed E-state index contributed by atoms with van der Waals surface area (Å²) >= 11 is 1.26. The lowest BCUT2D eigenvalue weighted by Crippen LogP contribution is -2.22. The van der Waals surface area contributed by atoms with Crippen LogP contribution in [0.5, 0.6) is 0 Å². The van der Waals surface area contributed by atoms with E-state index in [1.807, 2.05) is 19.1 Å². The maximum absolute atomic E-state index is 12.1. The third-order valence-corrected chi connectivity index (χ3v) is 5.77. The molecule has 0 aliphatic heterocycles. The molecular weight excluding hydrogens is 294 g/mol. The maximum Gasteiger partial charge on any atom is 0.250 e. The van der Waals surface area contributed by atoms with Gasteiger partial charge in [0.1, 0.15) is 4.21 Å². The van der Waals surface area contributed by atoms with Crippen molar-refractivity contribution >= 4 is 21.4 Å². The quantitative estimate of drug-likeness (QED) is 0.845. The molecule has 0 fully saturated rings. The standard InChI is InChI=1S/C13H17N3O2S2/c1-10-2-3-11(8-15-10)9-16-20(17,18)13-5-4-12(19-13)6-7-14/h2-5,8,16H,6-7,9,14H2,1H3. The number of hydrogen-bond donors (Lipinski definition) is 2. The first-order valence-electron chi connectivity index (χ1n) is 6.21. The lowest BCUT2D eigenvalue weighted by atomic mass is 10.2. The zero-order valence-electron chi connectivity index (χ0n) is 11.2. The fraction of sp³-hybridized carbons (Fsp3) is 0.308. The Morgan fingerprint density at radius 1 is 1.30 bits per heavy atom. The van der Waals surface area contributed by atoms with Crippen molar-refractivity contribution in [3.05, 3.63) is 46.6 Å². The average Bonchev–Trinajstić information content (AvgIpc) is 2.88. The summed E-state index contributed by atoms with van der Waals surface area (Å²) in [5.41, 5.74) is 7.20. The molecule has 2 aromatic rings. The van der Waals surface area contributed by atoms with Crippen molar-refractivity contribution < 1.29 is 8.42 Å². The van der Waals surface area contributed by atoms with Crippen LogP contribution in [0, 0.1) is 6.92 Å². The van der Waals surface area contributed by atoms with Crippen molar-refractivity contribution in [2.24, 2.45) is 5.73 Å². The van der Waals surface area contributed by atoms with E-state index in [2.05, 4.69) is 9.71 Å². The molecule has 0 atom stereocenters. The monoisotopic (exact) mass is 311 g/mol. The van der Waals surface area contributed by atoms with Crippen LogP contribution in [0.15, 0.2) is 34.7 Å². The van der Waals surface area contributed by atoms with E-state index in [0.717, 1.165) is 16.1 Å². The number of nitrogens with zero attached hydrogens (tertiary/aromatic N) is 1. The Kier molecular flexibility index (Phi) is 4.87. The highest BCUT2D eigenvalue weighted by Crippen LogP contribution is 2.21. The van der Waals surface area contributed by atoms with Gasteiger partial charge in [-0.3, -0.25) is 4.98 Å². The minimum atomic E-state index is -3.47. The lowest BCUT2D eigenvalue weighted by Gasteiger charge is -2.04. The van der Waals surface area contributed by atoms with Crippen LogP contribution in [-0.2, 0) is 23.0 Å². The number of thiophene rings is 1. The average molecular weight is 311 g/mol. The smallest absolute Gasteiger partial charge is 0.250 e. The summed E-state index contributed by atoms with van der Waals surface area (Å²) in [6.07, 6.45) is 2.37. The predicted octanol–water partition coefficient (Wildman–Crippen LogP) is 1.43. The first-order valence-corrected chi connectivity index (χ1v) is 8.51. The van der Waals surface area contributed by atoms with Crippen molar-refractivity contribution in [1.82, 2.24) is 9.71 Å². The van der Waals surface area contributed by atoms with Gasteiger partial charge >= 0.3 is 0 Å². The Hall–Kier alpha value is -1.28. The summed E-state index contributed by atoms with van der Waals surface area (Å²) in [4.78, 5) is 5.11. The van der Waals surface area contributed by atoms with E-state index in [1.54, 1.807) is 18.3 Å². The first-order chi connectivity index (χ1) is 9.51. The van der Waals surface area contributed by atoms with Gasteiger partial charge in [-0.05, 0) is 43.7 Å². The molecule has 2 heterocycles. The van der Waals surface area contributed by atoms with Gasteiger partial charge in [-0.2, -0.15) is 0 Å². The highest BCUT2D eigenvalue weighted by Gasteiger charge is 2.16. The van der Waals surface area contributed by atoms with E-state index in [0.29, 0.717) is 17.2 Å². The van der Waals surface area contributed by atoms with Gasteiger partial charge < -0.3 is 5.73 Å². The third kappa shape index (κ3) is 3.86. The molecule has 2 aromatic heterocycles. The fourth-order valence-corrected chi connectivity index (χ4v) is 4.07. The topological polar surface area (TPSA) is 85.1 Å². The van der Waals surface area contributed by atoms with Crippen LogP contribution in [0.4, 0.5) is 0 Å². The number of rotatable bonds is 6. The number of sulfonamides is 1. The number of aryl methyl sites for hydroxylation is 1. The van der Waals surface area contributed by atoms with Crippen molar-refractivity contribution in [3.63, 3.8) is 0 Å². The Morgan fingerprint density at radius 2 is 2.10 bits per heavy atom. The van der Waals surface area contributed by atoms with Gasteiger partial charge in [0.25, 0.3) is 0 Å². The molecule has 0 unspecified atom stereocenters. The van der Waals surface area contributed by atoms with Gasteiger partial charge in [0, 0.05) is 23.3 Å². The number of aromatic nitrogens is 1. The molecule has 0 radical (unpaired) electrons. The first kappa shape index (κ1) is 15.1. The van der Waals surface area contributed by atoms with E-state index >= 15 is 0 Å². The van der Waals surface area contributed by atoms with Crippen LogP contribution in [0.25, 0.3) is 0 Å².